The maximum absolute atomic E-state index is 12.3. The fourth-order valence-corrected chi connectivity index (χ4v) is 3.30. The van der Waals surface area contributed by atoms with E-state index >= 15 is 0 Å². The van der Waals surface area contributed by atoms with Crippen LogP contribution in [-0.4, -0.2) is 23.5 Å². The molecule has 1 aliphatic rings. The largest absolute Gasteiger partial charge is 0.371 e. The van der Waals surface area contributed by atoms with E-state index in [1.165, 1.54) is 11.3 Å². The second-order valence-electron chi connectivity index (χ2n) is 4.98. The number of carbonyl (C=O) groups excluding carboxylic acids is 1. The number of aromatic nitrogens is 1. The standard InChI is InChI=1S/C15H15ClN2O2S/c1-9-14(21-8-17-9)15(19)18-12-6-7-20-13(12)10-2-4-11(16)5-3-10/h2-5,8,12-13H,6-7H2,1H3,(H,18,19)/t12-,13-/m0/s1. The molecule has 3 rings (SSSR count). The van der Waals surface area contributed by atoms with Crippen molar-refractivity contribution in [3.63, 3.8) is 0 Å². The van der Waals surface area contributed by atoms with Crippen LogP contribution in [0.2, 0.25) is 5.02 Å². The molecule has 0 unspecified atom stereocenters. The lowest BCUT2D eigenvalue weighted by atomic mass is 10.0. The number of carbonyl (C=O) groups is 1. The summed E-state index contributed by atoms with van der Waals surface area (Å²) >= 11 is 7.27. The lowest BCUT2D eigenvalue weighted by molar-refractivity contribution is 0.0824. The first-order valence-electron chi connectivity index (χ1n) is 6.73. The van der Waals surface area contributed by atoms with Crippen molar-refractivity contribution in [3.05, 3.63) is 50.9 Å². The van der Waals surface area contributed by atoms with E-state index in [-0.39, 0.29) is 18.1 Å². The first-order chi connectivity index (χ1) is 10.1. The van der Waals surface area contributed by atoms with Crippen molar-refractivity contribution >= 4 is 28.8 Å². The van der Waals surface area contributed by atoms with E-state index in [0.717, 1.165) is 17.7 Å². The lowest BCUT2D eigenvalue weighted by Gasteiger charge is -2.20. The molecule has 0 spiro atoms. The number of rotatable bonds is 3. The fraction of sp³-hybridized carbons (Fsp3) is 0.333. The molecule has 0 bridgehead atoms. The third-order valence-corrected chi connectivity index (χ3v) is 4.74. The molecular formula is C15H15ClN2O2S. The zero-order valence-electron chi connectivity index (χ0n) is 11.5. The number of nitrogens with zero attached hydrogens (tertiary/aromatic N) is 1. The minimum Gasteiger partial charge on any atom is -0.371 e. The maximum Gasteiger partial charge on any atom is 0.263 e. The molecule has 110 valence electrons. The maximum atomic E-state index is 12.3. The second kappa shape index (κ2) is 6.13. The van der Waals surface area contributed by atoms with Crippen molar-refractivity contribution in [1.29, 1.82) is 0 Å². The summed E-state index contributed by atoms with van der Waals surface area (Å²) in [6.45, 7) is 2.48. The Morgan fingerprint density at radius 1 is 1.43 bits per heavy atom. The summed E-state index contributed by atoms with van der Waals surface area (Å²) in [6, 6.07) is 7.53. The van der Waals surface area contributed by atoms with Gasteiger partial charge in [-0.1, -0.05) is 23.7 Å². The molecule has 0 saturated carbocycles. The number of nitrogens with one attached hydrogen (secondary N) is 1. The summed E-state index contributed by atoms with van der Waals surface area (Å²) in [5.41, 5.74) is 3.48. The van der Waals surface area contributed by atoms with Crippen molar-refractivity contribution in [2.45, 2.75) is 25.5 Å². The highest BCUT2D eigenvalue weighted by molar-refractivity contribution is 7.11. The van der Waals surface area contributed by atoms with Crippen LogP contribution in [0.5, 0.6) is 0 Å². The number of benzene rings is 1. The molecule has 4 nitrogen and oxygen atoms in total. The van der Waals surface area contributed by atoms with Gasteiger partial charge in [0.1, 0.15) is 11.0 Å². The summed E-state index contributed by atoms with van der Waals surface area (Å²) in [4.78, 5) is 17.1. The third kappa shape index (κ3) is 3.10. The second-order valence-corrected chi connectivity index (χ2v) is 6.27. The van der Waals surface area contributed by atoms with E-state index in [4.69, 9.17) is 16.3 Å². The molecule has 2 aromatic rings. The Morgan fingerprint density at radius 2 is 2.19 bits per heavy atom. The molecule has 1 saturated heterocycles. The Labute approximate surface area is 132 Å². The molecule has 0 aliphatic carbocycles. The van der Waals surface area contributed by atoms with Gasteiger partial charge >= 0.3 is 0 Å². The van der Waals surface area contributed by atoms with Gasteiger partial charge in [-0.25, -0.2) is 4.98 Å². The van der Waals surface area contributed by atoms with Gasteiger partial charge in [0.15, 0.2) is 0 Å². The van der Waals surface area contributed by atoms with Crippen LogP contribution >= 0.6 is 22.9 Å². The molecule has 21 heavy (non-hydrogen) atoms. The fourth-order valence-electron chi connectivity index (χ4n) is 2.47. The van der Waals surface area contributed by atoms with Crippen LogP contribution in [0.15, 0.2) is 29.8 Å². The summed E-state index contributed by atoms with van der Waals surface area (Å²) < 4.78 is 5.77. The quantitative estimate of drug-likeness (QED) is 0.942. The number of hydrogen-bond acceptors (Lipinski definition) is 4. The average molecular weight is 323 g/mol. The highest BCUT2D eigenvalue weighted by Gasteiger charge is 2.31. The van der Waals surface area contributed by atoms with Gasteiger partial charge in [-0.05, 0) is 31.0 Å². The van der Waals surface area contributed by atoms with E-state index in [1.54, 1.807) is 5.51 Å². The van der Waals surface area contributed by atoms with Crippen LogP contribution in [0.4, 0.5) is 0 Å². The summed E-state index contributed by atoms with van der Waals surface area (Å²) in [5.74, 6) is -0.0792. The molecule has 1 aromatic carbocycles. The van der Waals surface area contributed by atoms with Gasteiger partial charge < -0.3 is 10.1 Å². The molecule has 1 aliphatic heterocycles. The highest BCUT2D eigenvalue weighted by Crippen LogP contribution is 2.30. The van der Waals surface area contributed by atoms with E-state index in [1.807, 2.05) is 31.2 Å². The number of halogens is 1. The number of thiazole rings is 1. The molecule has 1 aromatic heterocycles. The minimum absolute atomic E-state index is 0.0276. The SMILES string of the molecule is Cc1ncsc1C(=O)N[C@H]1CCO[C@H]1c1ccc(Cl)cc1. The van der Waals surface area contributed by atoms with Gasteiger partial charge in [0.25, 0.3) is 5.91 Å². The molecule has 1 fully saturated rings. The molecular weight excluding hydrogens is 308 g/mol. The van der Waals surface area contributed by atoms with Crippen LogP contribution in [0, 0.1) is 6.92 Å². The van der Waals surface area contributed by atoms with Crippen molar-refractivity contribution in [1.82, 2.24) is 10.3 Å². The van der Waals surface area contributed by atoms with E-state index in [9.17, 15) is 4.79 Å². The van der Waals surface area contributed by atoms with Crippen molar-refractivity contribution in [3.8, 4) is 0 Å². The third-order valence-electron chi connectivity index (χ3n) is 3.56. The van der Waals surface area contributed by atoms with E-state index in [2.05, 4.69) is 10.3 Å². The van der Waals surface area contributed by atoms with Gasteiger partial charge in [0, 0.05) is 11.6 Å². The van der Waals surface area contributed by atoms with Gasteiger partial charge in [-0.3, -0.25) is 4.79 Å². The Balaban J connectivity index is 1.74. The smallest absolute Gasteiger partial charge is 0.263 e. The lowest BCUT2D eigenvalue weighted by Crippen LogP contribution is -2.36. The monoisotopic (exact) mass is 322 g/mol. The van der Waals surface area contributed by atoms with Crippen LogP contribution in [-0.2, 0) is 4.74 Å². The zero-order valence-corrected chi connectivity index (χ0v) is 13.1. The van der Waals surface area contributed by atoms with Crippen molar-refractivity contribution < 1.29 is 9.53 Å². The molecule has 0 radical (unpaired) electrons. The first-order valence-corrected chi connectivity index (χ1v) is 7.99. The predicted octanol–water partition coefficient (Wildman–Crippen LogP) is 3.36. The Hall–Kier alpha value is -1.43. The van der Waals surface area contributed by atoms with Crippen LogP contribution < -0.4 is 5.32 Å². The van der Waals surface area contributed by atoms with Gasteiger partial charge in [0.05, 0.1) is 17.2 Å². The molecule has 2 atom stereocenters. The summed E-state index contributed by atoms with van der Waals surface area (Å²) in [5, 5.41) is 3.75. The number of hydrogen-bond donors (Lipinski definition) is 1. The Kier molecular flexibility index (Phi) is 4.24. The van der Waals surface area contributed by atoms with Crippen LogP contribution in [0.3, 0.4) is 0 Å². The minimum atomic E-state index is -0.126. The van der Waals surface area contributed by atoms with Gasteiger partial charge in [0.2, 0.25) is 0 Å². The summed E-state index contributed by atoms with van der Waals surface area (Å²) in [6.07, 6.45) is 0.677. The van der Waals surface area contributed by atoms with Gasteiger partial charge in [-0.15, -0.1) is 11.3 Å². The Bertz CT molecular complexity index is 641. The number of amides is 1. The van der Waals surface area contributed by atoms with E-state index < -0.39 is 0 Å². The molecule has 1 amide bonds. The number of ether oxygens (including phenoxy) is 1. The topological polar surface area (TPSA) is 51.2 Å². The van der Waals surface area contributed by atoms with E-state index in [0.29, 0.717) is 16.5 Å². The Morgan fingerprint density at radius 3 is 2.86 bits per heavy atom. The zero-order chi connectivity index (χ0) is 14.8. The van der Waals surface area contributed by atoms with Crippen LogP contribution in [0.25, 0.3) is 0 Å². The predicted molar refractivity (Wildman–Crippen MR) is 82.9 cm³/mol. The molecule has 1 N–H and O–H groups in total. The normalized spacial score (nSPS) is 21.4. The highest BCUT2D eigenvalue weighted by atomic mass is 35.5. The average Bonchev–Trinajstić information content (AvgIpc) is 3.09. The first kappa shape index (κ1) is 14.5. The van der Waals surface area contributed by atoms with Crippen molar-refractivity contribution in [2.24, 2.45) is 0 Å². The van der Waals surface area contributed by atoms with Gasteiger partial charge in [-0.2, -0.15) is 0 Å². The van der Waals surface area contributed by atoms with Crippen molar-refractivity contribution in [2.75, 3.05) is 6.61 Å². The molecule has 6 heteroatoms. The summed E-state index contributed by atoms with van der Waals surface area (Å²) in [7, 11) is 0. The number of aryl methyl sites for hydroxylation is 1. The van der Waals surface area contributed by atoms with Crippen LogP contribution in [0.1, 0.15) is 33.5 Å². The molecule has 2 heterocycles.